The number of terminal acetylenes is 1. The zero-order valence-electron chi connectivity index (χ0n) is 10.5. The summed E-state index contributed by atoms with van der Waals surface area (Å²) in [7, 11) is 0. The third-order valence-electron chi connectivity index (χ3n) is 2.41. The van der Waals surface area contributed by atoms with E-state index in [9.17, 15) is 9.59 Å². The molecule has 0 saturated heterocycles. The summed E-state index contributed by atoms with van der Waals surface area (Å²) in [5, 5.41) is 14.1. The van der Waals surface area contributed by atoms with Crippen molar-refractivity contribution in [1.29, 1.82) is 0 Å². The standard InChI is InChI=1S/C12H20N2O3/c1-5-7-9(3)13-11(17)14-12(4,8-6-2)10(15)16/h1,9H,6-8H2,2-4H3,(H,15,16)(H2,13,14,17). The molecule has 5 nitrogen and oxygen atoms in total. The van der Waals surface area contributed by atoms with E-state index in [1.165, 1.54) is 6.92 Å². The van der Waals surface area contributed by atoms with E-state index in [4.69, 9.17) is 11.5 Å². The molecule has 0 saturated carbocycles. The quantitative estimate of drug-likeness (QED) is 0.613. The van der Waals surface area contributed by atoms with Crippen LogP contribution in [0.4, 0.5) is 4.79 Å². The van der Waals surface area contributed by atoms with E-state index in [-0.39, 0.29) is 6.04 Å². The van der Waals surface area contributed by atoms with Gasteiger partial charge in [-0.2, -0.15) is 0 Å². The molecule has 0 aromatic rings. The number of hydrogen-bond acceptors (Lipinski definition) is 2. The van der Waals surface area contributed by atoms with E-state index in [0.717, 1.165) is 0 Å². The Labute approximate surface area is 102 Å². The molecule has 0 heterocycles. The topological polar surface area (TPSA) is 78.4 Å². The number of hydrogen-bond donors (Lipinski definition) is 3. The Morgan fingerprint density at radius 3 is 2.53 bits per heavy atom. The Morgan fingerprint density at radius 2 is 2.12 bits per heavy atom. The number of rotatable bonds is 6. The van der Waals surface area contributed by atoms with Gasteiger partial charge in [0.25, 0.3) is 0 Å². The molecule has 2 unspecified atom stereocenters. The van der Waals surface area contributed by atoms with E-state index in [1.54, 1.807) is 6.92 Å². The van der Waals surface area contributed by atoms with Crippen LogP contribution in [0.5, 0.6) is 0 Å². The Balaban J connectivity index is 4.43. The van der Waals surface area contributed by atoms with Gasteiger partial charge in [0.1, 0.15) is 5.54 Å². The van der Waals surface area contributed by atoms with Crippen LogP contribution in [0.25, 0.3) is 0 Å². The summed E-state index contributed by atoms with van der Waals surface area (Å²) in [6.07, 6.45) is 6.56. The molecule has 0 aliphatic carbocycles. The van der Waals surface area contributed by atoms with E-state index < -0.39 is 17.5 Å². The maximum Gasteiger partial charge on any atom is 0.329 e. The van der Waals surface area contributed by atoms with Crippen LogP contribution in [0.15, 0.2) is 0 Å². The molecule has 0 bridgehead atoms. The van der Waals surface area contributed by atoms with Gasteiger partial charge in [-0.05, 0) is 20.3 Å². The fraction of sp³-hybridized carbons (Fsp3) is 0.667. The number of carbonyl (C=O) groups is 2. The molecular formula is C12H20N2O3. The second-order valence-corrected chi connectivity index (χ2v) is 4.30. The number of urea groups is 1. The van der Waals surface area contributed by atoms with E-state index >= 15 is 0 Å². The predicted octanol–water partition coefficient (Wildman–Crippen LogP) is 1.34. The number of carboxylic acid groups (broad SMARTS) is 1. The minimum Gasteiger partial charge on any atom is -0.480 e. The fourth-order valence-electron chi connectivity index (χ4n) is 1.46. The van der Waals surface area contributed by atoms with Crippen molar-refractivity contribution in [2.75, 3.05) is 0 Å². The van der Waals surface area contributed by atoms with Crippen LogP contribution >= 0.6 is 0 Å². The summed E-state index contributed by atoms with van der Waals surface area (Å²) < 4.78 is 0. The summed E-state index contributed by atoms with van der Waals surface area (Å²) in [5.41, 5.74) is -1.24. The molecule has 0 rings (SSSR count). The lowest BCUT2D eigenvalue weighted by Crippen LogP contribution is -2.56. The van der Waals surface area contributed by atoms with Gasteiger partial charge >= 0.3 is 12.0 Å². The Kier molecular flexibility index (Phi) is 6.11. The molecule has 3 N–H and O–H groups in total. The largest absolute Gasteiger partial charge is 0.480 e. The van der Waals surface area contributed by atoms with Crippen molar-refractivity contribution in [2.24, 2.45) is 0 Å². The summed E-state index contributed by atoms with van der Waals surface area (Å²) in [6, 6.07) is -0.689. The first kappa shape index (κ1) is 15.3. The lowest BCUT2D eigenvalue weighted by atomic mass is 9.96. The lowest BCUT2D eigenvalue weighted by Gasteiger charge is -2.26. The lowest BCUT2D eigenvalue weighted by molar-refractivity contribution is -0.144. The Bertz CT molecular complexity index is 322. The van der Waals surface area contributed by atoms with Gasteiger partial charge in [0.15, 0.2) is 0 Å². The SMILES string of the molecule is C#CCC(C)NC(=O)NC(C)(CCC)C(=O)O. The molecule has 0 aromatic carbocycles. The highest BCUT2D eigenvalue weighted by Crippen LogP contribution is 2.12. The van der Waals surface area contributed by atoms with Crippen molar-refractivity contribution in [3.63, 3.8) is 0 Å². The number of carbonyl (C=O) groups excluding carboxylic acids is 1. The third kappa shape index (κ3) is 5.25. The molecule has 2 amide bonds. The predicted molar refractivity (Wildman–Crippen MR) is 65.5 cm³/mol. The van der Waals surface area contributed by atoms with E-state index in [1.807, 2.05) is 6.92 Å². The first-order valence-corrected chi connectivity index (χ1v) is 5.61. The van der Waals surface area contributed by atoms with Crippen molar-refractivity contribution in [3.8, 4) is 12.3 Å². The molecule has 96 valence electrons. The number of amides is 2. The van der Waals surface area contributed by atoms with Crippen molar-refractivity contribution in [1.82, 2.24) is 10.6 Å². The third-order valence-corrected chi connectivity index (χ3v) is 2.41. The molecule has 0 radical (unpaired) electrons. The first-order valence-electron chi connectivity index (χ1n) is 5.61. The second kappa shape index (κ2) is 6.79. The number of nitrogens with one attached hydrogen (secondary N) is 2. The molecule has 17 heavy (non-hydrogen) atoms. The van der Waals surface area contributed by atoms with Crippen LogP contribution in [0.2, 0.25) is 0 Å². The molecule has 0 aliphatic rings. The van der Waals surface area contributed by atoms with Gasteiger partial charge < -0.3 is 15.7 Å². The van der Waals surface area contributed by atoms with Crippen molar-refractivity contribution >= 4 is 12.0 Å². The minimum absolute atomic E-state index is 0.181. The monoisotopic (exact) mass is 240 g/mol. The van der Waals surface area contributed by atoms with Crippen molar-refractivity contribution < 1.29 is 14.7 Å². The van der Waals surface area contributed by atoms with Gasteiger partial charge in [0.05, 0.1) is 0 Å². The van der Waals surface area contributed by atoms with Crippen LogP contribution in [0.3, 0.4) is 0 Å². The van der Waals surface area contributed by atoms with Crippen LogP contribution in [-0.4, -0.2) is 28.7 Å². The highest BCUT2D eigenvalue weighted by Gasteiger charge is 2.33. The summed E-state index contributed by atoms with van der Waals surface area (Å²) in [4.78, 5) is 22.7. The number of aliphatic carboxylic acids is 1. The zero-order valence-corrected chi connectivity index (χ0v) is 10.5. The van der Waals surface area contributed by atoms with E-state index in [0.29, 0.717) is 19.3 Å². The fourth-order valence-corrected chi connectivity index (χ4v) is 1.46. The maximum atomic E-state index is 11.6. The molecular weight excluding hydrogens is 220 g/mol. The van der Waals surface area contributed by atoms with Crippen LogP contribution in [0, 0.1) is 12.3 Å². The maximum absolute atomic E-state index is 11.6. The molecule has 0 aromatic heterocycles. The van der Waals surface area contributed by atoms with Gasteiger partial charge in [-0.25, -0.2) is 9.59 Å². The molecule has 0 fully saturated rings. The molecule has 0 aliphatic heterocycles. The van der Waals surface area contributed by atoms with E-state index in [2.05, 4.69) is 16.6 Å². The summed E-state index contributed by atoms with van der Waals surface area (Å²) in [6.45, 7) is 5.11. The van der Waals surface area contributed by atoms with Crippen LogP contribution in [-0.2, 0) is 4.79 Å². The van der Waals surface area contributed by atoms with Crippen LogP contribution in [0.1, 0.15) is 40.0 Å². The smallest absolute Gasteiger partial charge is 0.329 e. The zero-order chi connectivity index (χ0) is 13.5. The molecule has 5 heteroatoms. The second-order valence-electron chi connectivity index (χ2n) is 4.30. The molecule has 0 spiro atoms. The van der Waals surface area contributed by atoms with Crippen molar-refractivity contribution in [2.45, 2.75) is 51.6 Å². The van der Waals surface area contributed by atoms with Gasteiger partial charge in [0, 0.05) is 12.5 Å². The van der Waals surface area contributed by atoms with Gasteiger partial charge in [-0.1, -0.05) is 13.3 Å². The Hall–Kier alpha value is -1.70. The van der Waals surface area contributed by atoms with Crippen LogP contribution < -0.4 is 10.6 Å². The minimum atomic E-state index is -1.24. The molecule has 2 atom stereocenters. The average Bonchev–Trinajstić information content (AvgIpc) is 2.17. The highest BCUT2D eigenvalue weighted by atomic mass is 16.4. The first-order chi connectivity index (χ1) is 7.85. The highest BCUT2D eigenvalue weighted by molar-refractivity contribution is 5.85. The van der Waals surface area contributed by atoms with Gasteiger partial charge in [0.2, 0.25) is 0 Å². The number of carboxylic acids is 1. The summed E-state index contributed by atoms with van der Waals surface area (Å²) in [5.74, 6) is 1.38. The average molecular weight is 240 g/mol. The summed E-state index contributed by atoms with van der Waals surface area (Å²) >= 11 is 0. The Morgan fingerprint density at radius 1 is 1.53 bits per heavy atom. The van der Waals surface area contributed by atoms with Crippen molar-refractivity contribution in [3.05, 3.63) is 0 Å². The van der Waals surface area contributed by atoms with Gasteiger partial charge in [-0.3, -0.25) is 0 Å². The van der Waals surface area contributed by atoms with Gasteiger partial charge in [-0.15, -0.1) is 12.3 Å². The normalized spacial score (nSPS) is 15.2.